The van der Waals surface area contributed by atoms with Crippen LogP contribution >= 0.6 is 0 Å². The number of carbonyl (C=O) groups is 2. The van der Waals surface area contributed by atoms with Gasteiger partial charge >= 0.3 is 0 Å². The van der Waals surface area contributed by atoms with Gasteiger partial charge in [-0.3, -0.25) is 19.7 Å². The fraction of sp³-hybridized carbons (Fsp3) is 0.136. The van der Waals surface area contributed by atoms with Crippen molar-refractivity contribution in [2.75, 3.05) is 12.4 Å². The highest BCUT2D eigenvalue weighted by Gasteiger charge is 2.24. The van der Waals surface area contributed by atoms with Crippen molar-refractivity contribution >= 4 is 23.1 Å². The number of ether oxygens (including phenoxy) is 1. The highest BCUT2D eigenvalue weighted by Crippen LogP contribution is 2.29. The number of carbonyl (C=O) groups excluding carboxylic acids is 2. The highest BCUT2D eigenvalue weighted by molar-refractivity contribution is 6.08. The molecule has 0 aliphatic carbocycles. The third-order valence-corrected chi connectivity index (χ3v) is 4.63. The molecule has 0 bridgehead atoms. The quantitative estimate of drug-likeness (QED) is 0.281. The van der Waals surface area contributed by atoms with Crippen LogP contribution in [-0.2, 0) is 4.79 Å². The van der Waals surface area contributed by atoms with Gasteiger partial charge in [0.1, 0.15) is 5.75 Å². The Balaban J connectivity index is 1.76. The predicted molar refractivity (Wildman–Crippen MR) is 110 cm³/mol. The van der Waals surface area contributed by atoms with Crippen LogP contribution in [0.15, 0.2) is 73.1 Å². The number of hydrogen-bond acceptors (Lipinski definition) is 5. The molecule has 1 heterocycles. The Hall–Kier alpha value is -4.07. The van der Waals surface area contributed by atoms with Gasteiger partial charge in [0.15, 0.2) is 18.2 Å². The minimum Gasteiger partial charge on any atom is -0.495 e. The van der Waals surface area contributed by atoms with Crippen molar-refractivity contribution in [1.29, 1.82) is 0 Å². The van der Waals surface area contributed by atoms with Crippen LogP contribution in [0.2, 0.25) is 0 Å². The summed E-state index contributed by atoms with van der Waals surface area (Å²) in [6.07, 6.45) is 3.29. The van der Waals surface area contributed by atoms with Crippen LogP contribution in [0.4, 0.5) is 11.4 Å². The Labute approximate surface area is 172 Å². The van der Waals surface area contributed by atoms with Gasteiger partial charge in [-0.25, -0.2) is 0 Å². The molecule has 8 nitrogen and oxygen atoms in total. The second-order valence-corrected chi connectivity index (χ2v) is 6.54. The molecule has 1 N–H and O–H groups in total. The fourth-order valence-corrected chi connectivity index (χ4v) is 2.88. The minimum absolute atomic E-state index is 0.110. The van der Waals surface area contributed by atoms with Crippen LogP contribution < -0.4 is 14.6 Å². The largest absolute Gasteiger partial charge is 0.495 e. The number of methoxy groups -OCH3 is 1. The first-order chi connectivity index (χ1) is 14.4. The van der Waals surface area contributed by atoms with Crippen LogP contribution in [0.3, 0.4) is 0 Å². The summed E-state index contributed by atoms with van der Waals surface area (Å²) in [6.45, 7) is 1.68. The first kappa shape index (κ1) is 20.7. The molecule has 30 heavy (non-hydrogen) atoms. The maximum absolute atomic E-state index is 12.7. The summed E-state index contributed by atoms with van der Waals surface area (Å²) in [4.78, 5) is 35.6. The third-order valence-electron chi connectivity index (χ3n) is 4.63. The summed E-state index contributed by atoms with van der Waals surface area (Å²) in [5.74, 6) is -0.183. The number of aromatic nitrogens is 1. The zero-order valence-corrected chi connectivity index (χ0v) is 16.4. The van der Waals surface area contributed by atoms with E-state index >= 15 is 0 Å². The number of nitro groups is 1. The lowest BCUT2D eigenvalue weighted by Gasteiger charge is -2.12. The molecule has 0 fully saturated rings. The molecule has 1 aromatic heterocycles. The standard InChI is InChI=1S/C22H19N3O5/c1-15(22(27)23-19-14-18(25(28)29)8-9-20(19)30-2)24-12-10-17(11-13-24)21(26)16-6-4-3-5-7-16/h3-15H,1-2H3/p+1/t15-/m0/s1. The predicted octanol–water partition coefficient (Wildman–Crippen LogP) is 3.32. The molecule has 3 rings (SSSR count). The second kappa shape index (κ2) is 8.95. The Kier molecular flexibility index (Phi) is 6.17. The van der Waals surface area contributed by atoms with E-state index in [0.717, 1.165) is 0 Å². The van der Waals surface area contributed by atoms with Crippen LogP contribution in [0.25, 0.3) is 0 Å². The summed E-state index contributed by atoms with van der Waals surface area (Å²) in [6, 6.07) is 15.6. The van der Waals surface area contributed by atoms with Crippen LogP contribution in [0, 0.1) is 10.1 Å². The summed E-state index contributed by atoms with van der Waals surface area (Å²) >= 11 is 0. The van der Waals surface area contributed by atoms with Gasteiger partial charge < -0.3 is 10.1 Å². The number of benzene rings is 2. The van der Waals surface area contributed by atoms with E-state index in [0.29, 0.717) is 16.9 Å². The lowest BCUT2D eigenvalue weighted by atomic mass is 10.0. The van der Waals surface area contributed by atoms with E-state index in [4.69, 9.17) is 4.74 Å². The molecule has 2 aromatic carbocycles. The molecule has 152 valence electrons. The van der Waals surface area contributed by atoms with Crippen molar-refractivity contribution in [3.05, 3.63) is 94.3 Å². The zero-order valence-electron chi connectivity index (χ0n) is 16.4. The van der Waals surface area contributed by atoms with Crippen LogP contribution in [0.1, 0.15) is 28.9 Å². The van der Waals surface area contributed by atoms with Crippen molar-refractivity contribution in [3.63, 3.8) is 0 Å². The van der Waals surface area contributed by atoms with Gasteiger partial charge in [-0.15, -0.1) is 0 Å². The number of nitrogens with one attached hydrogen (secondary N) is 1. The molecule has 0 saturated carbocycles. The number of pyridine rings is 1. The molecule has 3 aromatic rings. The molecular weight excluding hydrogens is 386 g/mol. The van der Waals surface area contributed by atoms with Gasteiger partial charge in [0, 0.05) is 42.3 Å². The number of amides is 1. The van der Waals surface area contributed by atoms with E-state index in [-0.39, 0.29) is 23.1 Å². The third kappa shape index (κ3) is 4.49. The van der Waals surface area contributed by atoms with E-state index in [1.54, 1.807) is 60.3 Å². The average Bonchev–Trinajstić information content (AvgIpc) is 2.78. The summed E-state index contributed by atoms with van der Waals surface area (Å²) in [5, 5.41) is 13.7. The van der Waals surface area contributed by atoms with Crippen molar-refractivity contribution in [2.24, 2.45) is 0 Å². The van der Waals surface area contributed by atoms with Crippen molar-refractivity contribution in [2.45, 2.75) is 13.0 Å². The number of anilines is 1. The van der Waals surface area contributed by atoms with Gasteiger partial charge in [0.2, 0.25) is 6.04 Å². The first-order valence-corrected chi connectivity index (χ1v) is 9.14. The maximum atomic E-state index is 12.7. The van der Waals surface area contributed by atoms with Crippen molar-refractivity contribution in [3.8, 4) is 5.75 Å². The SMILES string of the molecule is COc1ccc([N+](=O)[O-])cc1NC(=O)[C@H](C)[n+]1ccc(C(=O)c2ccccc2)cc1. The molecule has 0 unspecified atom stereocenters. The lowest BCUT2D eigenvalue weighted by Crippen LogP contribution is -2.44. The molecular formula is C22H20N3O5+. The van der Waals surface area contributed by atoms with Gasteiger partial charge in [-0.05, 0) is 6.07 Å². The van der Waals surface area contributed by atoms with Gasteiger partial charge in [0.25, 0.3) is 11.6 Å². The smallest absolute Gasteiger partial charge is 0.293 e. The molecule has 8 heteroatoms. The number of nitro benzene ring substituents is 1. The van der Waals surface area contributed by atoms with Crippen LogP contribution in [-0.4, -0.2) is 23.7 Å². The topological polar surface area (TPSA) is 102 Å². The summed E-state index contributed by atoms with van der Waals surface area (Å²) < 4.78 is 6.81. The van der Waals surface area contributed by atoms with Crippen LogP contribution in [0.5, 0.6) is 5.75 Å². The summed E-state index contributed by atoms with van der Waals surface area (Å²) in [5.41, 5.74) is 1.14. The van der Waals surface area contributed by atoms with Gasteiger partial charge in [-0.1, -0.05) is 30.3 Å². The van der Waals surface area contributed by atoms with E-state index in [1.165, 1.54) is 25.3 Å². The molecule has 0 aliphatic rings. The summed E-state index contributed by atoms with van der Waals surface area (Å²) in [7, 11) is 1.41. The maximum Gasteiger partial charge on any atom is 0.293 e. The number of nitrogens with zero attached hydrogens (tertiary/aromatic N) is 2. The first-order valence-electron chi connectivity index (χ1n) is 9.14. The molecule has 0 spiro atoms. The number of non-ortho nitro benzene ring substituents is 1. The molecule has 0 saturated heterocycles. The molecule has 0 aliphatic heterocycles. The number of ketones is 1. The molecule has 1 amide bonds. The van der Waals surface area contributed by atoms with Crippen molar-refractivity contribution < 1.29 is 23.8 Å². The van der Waals surface area contributed by atoms with E-state index < -0.39 is 11.0 Å². The van der Waals surface area contributed by atoms with Crippen molar-refractivity contribution in [1.82, 2.24) is 0 Å². The molecule has 1 atom stereocenters. The highest BCUT2D eigenvalue weighted by atomic mass is 16.6. The molecule has 0 radical (unpaired) electrons. The minimum atomic E-state index is -0.630. The van der Waals surface area contributed by atoms with Gasteiger partial charge in [-0.2, -0.15) is 4.57 Å². The average molecular weight is 406 g/mol. The Morgan fingerprint density at radius 3 is 2.27 bits per heavy atom. The van der Waals surface area contributed by atoms with E-state index in [2.05, 4.69) is 5.32 Å². The zero-order chi connectivity index (χ0) is 21.7. The normalized spacial score (nSPS) is 11.4. The van der Waals surface area contributed by atoms with E-state index in [9.17, 15) is 19.7 Å². The Morgan fingerprint density at radius 1 is 1.03 bits per heavy atom. The lowest BCUT2D eigenvalue weighted by molar-refractivity contribution is -0.705. The number of hydrogen-bond donors (Lipinski definition) is 1. The van der Waals surface area contributed by atoms with E-state index in [1.807, 2.05) is 6.07 Å². The number of rotatable bonds is 7. The Morgan fingerprint density at radius 2 is 1.67 bits per heavy atom. The Bertz CT molecular complexity index is 1080. The van der Waals surface area contributed by atoms with Gasteiger partial charge in [0.05, 0.1) is 17.7 Å². The monoisotopic (exact) mass is 406 g/mol. The second-order valence-electron chi connectivity index (χ2n) is 6.54. The fourth-order valence-electron chi connectivity index (χ4n) is 2.88.